The van der Waals surface area contributed by atoms with Crippen LogP contribution in [0, 0.1) is 12.8 Å². The number of esters is 1. The molecule has 0 fully saturated rings. The number of benzene rings is 1. The van der Waals surface area contributed by atoms with E-state index < -0.39 is 5.97 Å². The summed E-state index contributed by atoms with van der Waals surface area (Å²) in [6.45, 7) is 6.11. The molecule has 0 bridgehead atoms. The van der Waals surface area contributed by atoms with E-state index >= 15 is 0 Å². The van der Waals surface area contributed by atoms with Crippen molar-refractivity contribution in [3.8, 4) is 10.4 Å². The van der Waals surface area contributed by atoms with Gasteiger partial charge < -0.3 is 10.1 Å². The fourth-order valence-electron chi connectivity index (χ4n) is 2.92. The van der Waals surface area contributed by atoms with Crippen LogP contribution < -0.4 is 5.32 Å². The number of aryl methyl sites for hydroxylation is 1. The normalized spacial score (nSPS) is 12.0. The summed E-state index contributed by atoms with van der Waals surface area (Å²) in [5.41, 5.74) is 2.95. The summed E-state index contributed by atoms with van der Waals surface area (Å²) >= 11 is 2.72. The predicted octanol–water partition coefficient (Wildman–Crippen LogP) is 4.58. The number of hydrogen-bond acceptors (Lipinski definition) is 7. The molecule has 29 heavy (non-hydrogen) atoms. The number of carbonyl (C=O) groups is 2. The molecular weight excluding hydrogens is 406 g/mol. The van der Waals surface area contributed by atoms with E-state index in [4.69, 9.17) is 4.74 Å². The molecule has 2 aromatic heterocycles. The molecule has 3 rings (SSSR count). The molecule has 6 nitrogen and oxygen atoms in total. The van der Waals surface area contributed by atoms with Crippen molar-refractivity contribution in [2.75, 3.05) is 6.61 Å². The van der Waals surface area contributed by atoms with E-state index in [0.29, 0.717) is 22.9 Å². The SMILES string of the molecule is Cc1nc(C(=O)NC(COC(=O)c2cncs2)CC(C)C)c(-c2ccccc2)s1. The van der Waals surface area contributed by atoms with Crippen molar-refractivity contribution in [3.05, 3.63) is 57.6 Å². The molecular formula is C21H23N3O3S2. The maximum absolute atomic E-state index is 13.0. The number of hydrogen-bond donors (Lipinski definition) is 1. The number of ether oxygens (including phenoxy) is 1. The Kier molecular flexibility index (Phi) is 7.11. The van der Waals surface area contributed by atoms with Gasteiger partial charge in [-0.3, -0.25) is 9.78 Å². The Balaban J connectivity index is 1.72. The van der Waals surface area contributed by atoms with Gasteiger partial charge >= 0.3 is 5.97 Å². The lowest BCUT2D eigenvalue weighted by Crippen LogP contribution is -2.40. The van der Waals surface area contributed by atoms with Crippen molar-refractivity contribution < 1.29 is 14.3 Å². The molecule has 1 aromatic carbocycles. The molecule has 1 atom stereocenters. The monoisotopic (exact) mass is 429 g/mol. The zero-order valence-corrected chi connectivity index (χ0v) is 18.2. The summed E-state index contributed by atoms with van der Waals surface area (Å²) in [5.74, 6) is -0.356. The first-order valence-electron chi connectivity index (χ1n) is 9.33. The summed E-state index contributed by atoms with van der Waals surface area (Å²) in [6, 6.07) is 9.44. The van der Waals surface area contributed by atoms with E-state index in [0.717, 1.165) is 15.4 Å². The number of carbonyl (C=O) groups excluding carboxylic acids is 2. The van der Waals surface area contributed by atoms with Gasteiger partial charge in [0.25, 0.3) is 5.91 Å². The lowest BCUT2D eigenvalue weighted by Gasteiger charge is -2.20. The second kappa shape index (κ2) is 9.76. The lowest BCUT2D eigenvalue weighted by molar-refractivity contribution is 0.0450. The Labute approximate surface area is 178 Å². The van der Waals surface area contributed by atoms with Crippen LogP contribution in [0.5, 0.6) is 0 Å². The summed E-state index contributed by atoms with van der Waals surface area (Å²) in [5, 5.41) is 3.83. The first-order valence-corrected chi connectivity index (χ1v) is 11.0. The molecule has 0 aliphatic rings. The molecule has 0 saturated carbocycles. The third-order valence-electron chi connectivity index (χ3n) is 4.13. The molecule has 2 heterocycles. The summed E-state index contributed by atoms with van der Waals surface area (Å²) in [7, 11) is 0. The Bertz CT molecular complexity index is 953. The average molecular weight is 430 g/mol. The highest BCUT2D eigenvalue weighted by Crippen LogP contribution is 2.30. The smallest absolute Gasteiger partial charge is 0.350 e. The largest absolute Gasteiger partial charge is 0.459 e. The van der Waals surface area contributed by atoms with Crippen LogP contribution in [0.1, 0.15) is 45.4 Å². The molecule has 0 spiro atoms. The maximum atomic E-state index is 13.0. The topological polar surface area (TPSA) is 81.2 Å². The second-order valence-electron chi connectivity index (χ2n) is 7.04. The number of thiazole rings is 2. The van der Waals surface area contributed by atoms with E-state index in [1.54, 1.807) is 5.51 Å². The van der Waals surface area contributed by atoms with E-state index in [1.807, 2.05) is 37.3 Å². The van der Waals surface area contributed by atoms with Crippen molar-refractivity contribution in [1.82, 2.24) is 15.3 Å². The summed E-state index contributed by atoms with van der Waals surface area (Å²) in [4.78, 5) is 34.7. The van der Waals surface area contributed by atoms with E-state index in [1.165, 1.54) is 28.9 Å². The first kappa shape index (κ1) is 21.1. The van der Waals surface area contributed by atoms with Crippen LogP contribution in [-0.2, 0) is 4.74 Å². The first-order chi connectivity index (χ1) is 13.9. The van der Waals surface area contributed by atoms with Gasteiger partial charge in [-0.1, -0.05) is 44.2 Å². The van der Waals surface area contributed by atoms with Gasteiger partial charge in [0.1, 0.15) is 17.2 Å². The Morgan fingerprint density at radius 3 is 2.62 bits per heavy atom. The number of rotatable bonds is 8. The van der Waals surface area contributed by atoms with Gasteiger partial charge in [-0.25, -0.2) is 9.78 Å². The Morgan fingerprint density at radius 2 is 1.97 bits per heavy atom. The van der Waals surface area contributed by atoms with Crippen LogP contribution in [0.3, 0.4) is 0 Å². The number of nitrogens with zero attached hydrogens (tertiary/aromatic N) is 2. The minimum Gasteiger partial charge on any atom is -0.459 e. The molecule has 0 radical (unpaired) electrons. The molecule has 1 N–H and O–H groups in total. The van der Waals surface area contributed by atoms with Crippen LogP contribution in [0.4, 0.5) is 0 Å². The van der Waals surface area contributed by atoms with E-state index in [2.05, 4.69) is 29.1 Å². The number of aromatic nitrogens is 2. The van der Waals surface area contributed by atoms with Crippen molar-refractivity contribution >= 4 is 34.6 Å². The zero-order valence-electron chi connectivity index (χ0n) is 16.5. The van der Waals surface area contributed by atoms with Gasteiger partial charge in [-0.15, -0.1) is 22.7 Å². The van der Waals surface area contributed by atoms with Gasteiger partial charge in [0.15, 0.2) is 0 Å². The van der Waals surface area contributed by atoms with Gasteiger partial charge in [-0.2, -0.15) is 0 Å². The van der Waals surface area contributed by atoms with Crippen LogP contribution in [0.15, 0.2) is 42.0 Å². The molecule has 1 unspecified atom stereocenters. The molecule has 8 heteroatoms. The van der Waals surface area contributed by atoms with Crippen LogP contribution >= 0.6 is 22.7 Å². The van der Waals surface area contributed by atoms with Crippen molar-refractivity contribution in [3.63, 3.8) is 0 Å². The second-order valence-corrected chi connectivity index (χ2v) is 9.13. The lowest BCUT2D eigenvalue weighted by atomic mass is 10.0. The standard InChI is InChI=1S/C21H23N3O3S2/c1-13(2)9-16(11-27-21(26)17-10-22-12-28-17)24-20(25)18-19(29-14(3)23-18)15-7-5-4-6-8-15/h4-8,10,12-13,16H,9,11H2,1-3H3,(H,24,25). The predicted molar refractivity (Wildman–Crippen MR) is 115 cm³/mol. The quantitative estimate of drug-likeness (QED) is 0.530. The van der Waals surface area contributed by atoms with Gasteiger partial charge in [0.05, 0.1) is 27.6 Å². The summed E-state index contributed by atoms with van der Waals surface area (Å²) < 4.78 is 5.41. The highest BCUT2D eigenvalue weighted by molar-refractivity contribution is 7.15. The fraction of sp³-hybridized carbons (Fsp3) is 0.333. The third-order valence-corrected chi connectivity index (χ3v) is 5.90. The zero-order chi connectivity index (χ0) is 20.8. The van der Waals surface area contributed by atoms with Crippen LogP contribution in [0.2, 0.25) is 0 Å². The Hall–Kier alpha value is -2.58. The molecule has 0 aliphatic carbocycles. The number of amides is 1. The highest BCUT2D eigenvalue weighted by Gasteiger charge is 2.23. The van der Waals surface area contributed by atoms with Crippen molar-refractivity contribution in [1.29, 1.82) is 0 Å². The molecule has 1 amide bonds. The Morgan fingerprint density at radius 1 is 1.21 bits per heavy atom. The van der Waals surface area contributed by atoms with Crippen molar-refractivity contribution in [2.24, 2.45) is 5.92 Å². The molecule has 3 aromatic rings. The summed E-state index contributed by atoms with van der Waals surface area (Å²) in [6.07, 6.45) is 2.17. The molecule has 152 valence electrons. The van der Waals surface area contributed by atoms with E-state index in [9.17, 15) is 9.59 Å². The van der Waals surface area contributed by atoms with Gasteiger partial charge in [0.2, 0.25) is 0 Å². The van der Waals surface area contributed by atoms with E-state index in [-0.39, 0.29) is 18.6 Å². The molecule has 0 aliphatic heterocycles. The maximum Gasteiger partial charge on any atom is 0.350 e. The van der Waals surface area contributed by atoms with Crippen LogP contribution in [-0.4, -0.2) is 34.5 Å². The van der Waals surface area contributed by atoms with Crippen molar-refractivity contribution in [2.45, 2.75) is 33.2 Å². The molecule has 0 saturated heterocycles. The third kappa shape index (κ3) is 5.71. The minimum atomic E-state index is -0.426. The average Bonchev–Trinajstić information content (AvgIpc) is 3.36. The number of nitrogens with one attached hydrogen (secondary N) is 1. The van der Waals surface area contributed by atoms with Gasteiger partial charge in [-0.05, 0) is 24.8 Å². The highest BCUT2D eigenvalue weighted by atomic mass is 32.1. The fourth-order valence-corrected chi connectivity index (χ4v) is 4.35. The minimum absolute atomic E-state index is 0.102. The van der Waals surface area contributed by atoms with Gasteiger partial charge in [0, 0.05) is 0 Å². The van der Waals surface area contributed by atoms with Crippen LogP contribution in [0.25, 0.3) is 10.4 Å².